The first-order valence-electron chi connectivity index (χ1n) is 27.6. The van der Waals surface area contributed by atoms with E-state index in [0.29, 0.717) is 19.3 Å². The quantitative estimate of drug-likeness (QED) is 0.0262. The van der Waals surface area contributed by atoms with Gasteiger partial charge < -0.3 is 14.2 Å². The van der Waals surface area contributed by atoms with Gasteiger partial charge in [-0.1, -0.05) is 247 Å². The molecule has 0 saturated heterocycles. The average molecular weight is 919 g/mol. The first kappa shape index (κ1) is 62.6. The molecule has 1 atom stereocenters. The lowest BCUT2D eigenvalue weighted by Crippen LogP contribution is -2.30. The minimum Gasteiger partial charge on any atom is -0.462 e. The first-order chi connectivity index (χ1) is 32.5. The highest BCUT2D eigenvalue weighted by Crippen LogP contribution is 2.15. The van der Waals surface area contributed by atoms with Crippen molar-refractivity contribution in [1.29, 1.82) is 0 Å². The maximum absolute atomic E-state index is 12.8. The number of hydrogen-bond acceptors (Lipinski definition) is 6. The second-order valence-electron chi connectivity index (χ2n) is 18.1. The van der Waals surface area contributed by atoms with Crippen LogP contribution in [0.25, 0.3) is 0 Å². The van der Waals surface area contributed by atoms with Crippen molar-refractivity contribution in [1.82, 2.24) is 0 Å². The summed E-state index contributed by atoms with van der Waals surface area (Å²) in [6.07, 6.45) is 70.2. The normalized spacial score (nSPS) is 12.7. The molecular formula is C60H102O6. The second kappa shape index (κ2) is 54.2. The molecule has 0 aliphatic heterocycles. The van der Waals surface area contributed by atoms with Crippen LogP contribution in [0.1, 0.15) is 258 Å². The summed E-state index contributed by atoms with van der Waals surface area (Å²) in [7, 11) is 0. The SMILES string of the molecule is CC/C=C\C/C=C\C/C=C\C/C=C\C/C=C\C/C=C\C/C=C\CCCCCC(=O)OCC(COC(=O)CCCCCCCCC)OC(=O)CCCCCCCCCCCCCCCCCC. The molecule has 378 valence electrons. The summed E-state index contributed by atoms with van der Waals surface area (Å²) in [4.78, 5) is 37.9. The van der Waals surface area contributed by atoms with Gasteiger partial charge in [-0.2, -0.15) is 0 Å². The van der Waals surface area contributed by atoms with E-state index in [1.54, 1.807) is 0 Å². The van der Waals surface area contributed by atoms with Crippen LogP contribution in [0.15, 0.2) is 85.1 Å². The fourth-order valence-corrected chi connectivity index (χ4v) is 7.54. The van der Waals surface area contributed by atoms with E-state index >= 15 is 0 Å². The molecule has 0 aliphatic rings. The molecule has 6 nitrogen and oxygen atoms in total. The van der Waals surface area contributed by atoms with Crippen molar-refractivity contribution in [2.24, 2.45) is 0 Å². The Balaban J connectivity index is 4.28. The molecule has 0 heterocycles. The van der Waals surface area contributed by atoms with Gasteiger partial charge in [-0.15, -0.1) is 0 Å². The molecule has 6 heteroatoms. The van der Waals surface area contributed by atoms with Gasteiger partial charge >= 0.3 is 17.9 Å². The molecular weight excluding hydrogens is 817 g/mol. The Morgan fingerprint density at radius 1 is 0.318 bits per heavy atom. The number of allylic oxidation sites excluding steroid dienone is 14. The zero-order chi connectivity index (χ0) is 47.9. The summed E-state index contributed by atoms with van der Waals surface area (Å²) in [5.74, 6) is -0.921. The summed E-state index contributed by atoms with van der Waals surface area (Å²) < 4.78 is 16.7. The van der Waals surface area contributed by atoms with Crippen LogP contribution in [-0.4, -0.2) is 37.2 Å². The van der Waals surface area contributed by atoms with E-state index in [-0.39, 0.29) is 31.1 Å². The van der Waals surface area contributed by atoms with Crippen molar-refractivity contribution in [2.75, 3.05) is 13.2 Å². The van der Waals surface area contributed by atoms with Gasteiger partial charge in [0.1, 0.15) is 13.2 Å². The van der Waals surface area contributed by atoms with Gasteiger partial charge in [0.15, 0.2) is 6.10 Å². The Bertz CT molecular complexity index is 1290. The summed E-state index contributed by atoms with van der Waals surface area (Å²) in [5, 5.41) is 0. The molecule has 1 unspecified atom stereocenters. The average Bonchev–Trinajstić information content (AvgIpc) is 3.31. The molecule has 0 fully saturated rings. The second-order valence-corrected chi connectivity index (χ2v) is 18.1. The highest BCUT2D eigenvalue weighted by Gasteiger charge is 2.19. The van der Waals surface area contributed by atoms with Crippen LogP contribution in [-0.2, 0) is 28.6 Å². The van der Waals surface area contributed by atoms with E-state index in [1.807, 2.05) is 0 Å². The Morgan fingerprint density at radius 3 is 0.924 bits per heavy atom. The lowest BCUT2D eigenvalue weighted by molar-refractivity contribution is -0.167. The van der Waals surface area contributed by atoms with Crippen LogP contribution in [0.2, 0.25) is 0 Å². The van der Waals surface area contributed by atoms with Crippen LogP contribution in [0.3, 0.4) is 0 Å². The molecule has 0 radical (unpaired) electrons. The van der Waals surface area contributed by atoms with E-state index in [9.17, 15) is 14.4 Å². The van der Waals surface area contributed by atoms with E-state index in [2.05, 4.69) is 106 Å². The lowest BCUT2D eigenvalue weighted by atomic mass is 10.0. The Hall–Kier alpha value is -3.41. The maximum atomic E-state index is 12.8. The molecule has 0 aromatic rings. The van der Waals surface area contributed by atoms with Crippen molar-refractivity contribution < 1.29 is 28.6 Å². The number of unbranched alkanes of at least 4 members (excludes halogenated alkanes) is 24. The number of ether oxygens (including phenoxy) is 3. The van der Waals surface area contributed by atoms with E-state index in [0.717, 1.165) is 109 Å². The van der Waals surface area contributed by atoms with Crippen molar-refractivity contribution >= 4 is 17.9 Å². The Morgan fingerprint density at radius 2 is 0.591 bits per heavy atom. The molecule has 0 spiro atoms. The molecule has 0 aromatic carbocycles. The zero-order valence-electron chi connectivity index (χ0n) is 43.2. The summed E-state index contributed by atoms with van der Waals surface area (Å²) in [6.45, 7) is 6.46. The number of carbonyl (C=O) groups is 3. The largest absolute Gasteiger partial charge is 0.462 e. The molecule has 0 aliphatic carbocycles. The minimum absolute atomic E-state index is 0.0851. The predicted octanol–water partition coefficient (Wildman–Crippen LogP) is 18.4. The van der Waals surface area contributed by atoms with E-state index < -0.39 is 6.10 Å². The summed E-state index contributed by atoms with van der Waals surface area (Å²) in [6, 6.07) is 0. The van der Waals surface area contributed by atoms with Crippen LogP contribution in [0.4, 0.5) is 0 Å². The summed E-state index contributed by atoms with van der Waals surface area (Å²) >= 11 is 0. The summed E-state index contributed by atoms with van der Waals surface area (Å²) in [5.41, 5.74) is 0. The van der Waals surface area contributed by atoms with Crippen LogP contribution in [0.5, 0.6) is 0 Å². The van der Waals surface area contributed by atoms with E-state index in [4.69, 9.17) is 14.2 Å². The van der Waals surface area contributed by atoms with Crippen molar-refractivity contribution in [3.8, 4) is 0 Å². The zero-order valence-corrected chi connectivity index (χ0v) is 43.2. The Labute approximate surface area is 407 Å². The third-order valence-electron chi connectivity index (χ3n) is 11.7. The number of carbonyl (C=O) groups excluding carboxylic acids is 3. The van der Waals surface area contributed by atoms with Crippen molar-refractivity contribution in [2.45, 2.75) is 264 Å². The molecule has 0 amide bonds. The van der Waals surface area contributed by atoms with Crippen molar-refractivity contribution in [3.05, 3.63) is 85.1 Å². The molecule has 0 rings (SSSR count). The molecule has 0 aromatic heterocycles. The van der Waals surface area contributed by atoms with Gasteiger partial charge in [-0.05, 0) is 77.0 Å². The maximum Gasteiger partial charge on any atom is 0.306 e. The van der Waals surface area contributed by atoms with Crippen LogP contribution >= 0.6 is 0 Å². The van der Waals surface area contributed by atoms with Gasteiger partial charge in [0.25, 0.3) is 0 Å². The smallest absolute Gasteiger partial charge is 0.306 e. The number of hydrogen-bond donors (Lipinski definition) is 0. The topological polar surface area (TPSA) is 78.9 Å². The fourth-order valence-electron chi connectivity index (χ4n) is 7.54. The fraction of sp³-hybridized carbons (Fsp3) is 0.717. The van der Waals surface area contributed by atoms with Gasteiger partial charge in [-0.3, -0.25) is 14.4 Å². The molecule has 0 saturated carbocycles. The van der Waals surface area contributed by atoms with Crippen molar-refractivity contribution in [3.63, 3.8) is 0 Å². The number of esters is 3. The predicted molar refractivity (Wildman–Crippen MR) is 284 cm³/mol. The lowest BCUT2D eigenvalue weighted by Gasteiger charge is -2.18. The minimum atomic E-state index is -0.785. The first-order valence-corrected chi connectivity index (χ1v) is 27.6. The highest BCUT2D eigenvalue weighted by atomic mass is 16.6. The standard InChI is InChI=1S/C60H102O6/c1-4-7-10-13-16-18-20-22-24-26-27-28-29-30-31-32-33-34-36-37-39-41-44-47-50-53-59(62)65-56-57(55-64-58(61)52-49-46-43-15-12-9-6-3)66-60(63)54-51-48-45-42-40-38-35-25-23-21-19-17-14-11-8-5-2/h7,10,16,18,22,24,27-28,30-31,33-34,37,39,57H,4-6,8-9,11-15,17,19-21,23,25-26,29,32,35-36,38,40-56H2,1-3H3/b10-7-,18-16-,24-22-,28-27-,31-30-,34-33-,39-37-. The highest BCUT2D eigenvalue weighted by molar-refractivity contribution is 5.71. The van der Waals surface area contributed by atoms with Gasteiger partial charge in [-0.25, -0.2) is 0 Å². The molecule has 0 N–H and O–H groups in total. The van der Waals surface area contributed by atoms with E-state index in [1.165, 1.54) is 109 Å². The monoisotopic (exact) mass is 919 g/mol. The van der Waals surface area contributed by atoms with Crippen LogP contribution < -0.4 is 0 Å². The molecule has 0 bridgehead atoms. The third-order valence-corrected chi connectivity index (χ3v) is 11.7. The molecule has 66 heavy (non-hydrogen) atoms. The third kappa shape index (κ3) is 51.6. The number of rotatable bonds is 49. The van der Waals surface area contributed by atoms with Crippen LogP contribution in [0, 0.1) is 0 Å². The Kier molecular flexibility index (Phi) is 51.4. The van der Waals surface area contributed by atoms with Gasteiger partial charge in [0.05, 0.1) is 0 Å². The van der Waals surface area contributed by atoms with Gasteiger partial charge in [0, 0.05) is 19.3 Å². The van der Waals surface area contributed by atoms with Gasteiger partial charge in [0.2, 0.25) is 0 Å².